The molecule has 0 saturated carbocycles. The molecular weight excluding hydrogens is 652 g/mol. The zero-order valence-electron chi connectivity index (χ0n) is 24.2. The van der Waals surface area contributed by atoms with Gasteiger partial charge in [0.1, 0.15) is 0 Å². The number of ether oxygens (including phenoxy) is 3. The number of alkyl halides is 12. The summed E-state index contributed by atoms with van der Waals surface area (Å²) < 4.78 is 179. The Morgan fingerprint density at radius 1 is 0.378 bits per heavy atom. The van der Waals surface area contributed by atoms with Gasteiger partial charge in [-0.1, -0.05) is 0 Å². The predicted octanol–water partition coefficient (Wildman–Crippen LogP) is 1.98. The van der Waals surface area contributed by atoms with Crippen LogP contribution in [0.4, 0.5) is 52.7 Å². The van der Waals surface area contributed by atoms with Gasteiger partial charge >= 0.3 is 24.7 Å². The molecule has 2 unspecified atom stereocenters. The van der Waals surface area contributed by atoms with Gasteiger partial charge in [0.2, 0.25) is 0 Å². The van der Waals surface area contributed by atoms with Crippen LogP contribution in [0.3, 0.4) is 0 Å². The van der Waals surface area contributed by atoms with Gasteiger partial charge in [0.15, 0.2) is 0 Å². The Labute approximate surface area is 251 Å². The SMILES string of the molecule is OC(CN1CCN2CCOCCOCCN(CCOCC2)CCN(CC(O)(C(F)(F)F)C(F)(F)F)CC1)(C(F)(F)F)C(F)(F)F. The number of hydrogen-bond donors (Lipinski definition) is 2. The first-order chi connectivity index (χ1) is 20.6. The molecule has 45 heavy (non-hydrogen) atoms. The third-order valence-corrected chi connectivity index (χ3v) is 7.56. The first-order valence-electron chi connectivity index (χ1n) is 13.9. The monoisotopic (exact) mass is 690 g/mol. The molecule has 0 amide bonds. The Balaban J connectivity index is 2.51. The molecule has 0 aromatic rings. The fourth-order valence-electron chi connectivity index (χ4n) is 4.59. The lowest BCUT2D eigenvalue weighted by molar-refractivity contribution is -0.372. The molecule has 0 aromatic carbocycles. The van der Waals surface area contributed by atoms with Crippen LogP contribution in [0.15, 0.2) is 0 Å². The van der Waals surface area contributed by atoms with Crippen LogP contribution in [0.1, 0.15) is 0 Å². The lowest BCUT2D eigenvalue weighted by atomic mass is 10.0. The summed E-state index contributed by atoms with van der Waals surface area (Å²) in [4.78, 5) is 4.10. The van der Waals surface area contributed by atoms with Crippen LogP contribution in [-0.2, 0) is 14.2 Å². The molecule has 2 heterocycles. The molecule has 2 atom stereocenters. The van der Waals surface area contributed by atoms with Gasteiger partial charge in [0.05, 0.1) is 39.6 Å². The van der Waals surface area contributed by atoms with Crippen LogP contribution in [-0.4, -0.2) is 184 Å². The Bertz CT molecular complexity index is 779. The Kier molecular flexibility index (Phi) is 14.5. The second kappa shape index (κ2) is 16.3. The molecule has 0 aromatic heterocycles. The number of aliphatic hydroxyl groups is 2. The van der Waals surface area contributed by atoms with Crippen LogP contribution >= 0.6 is 0 Å². The summed E-state index contributed by atoms with van der Waals surface area (Å²) in [7, 11) is 0. The summed E-state index contributed by atoms with van der Waals surface area (Å²) in [5.41, 5.74) is -10.5. The molecule has 0 aliphatic carbocycles. The van der Waals surface area contributed by atoms with Crippen molar-refractivity contribution in [1.29, 1.82) is 0 Å². The molecule has 21 heteroatoms. The molecule has 9 nitrogen and oxygen atoms in total. The van der Waals surface area contributed by atoms with E-state index >= 15 is 0 Å². The molecule has 2 saturated heterocycles. The number of fused-ring (bicyclic) bond motifs is 6. The zero-order valence-corrected chi connectivity index (χ0v) is 24.2. The third kappa shape index (κ3) is 11.5. The molecule has 268 valence electrons. The predicted molar refractivity (Wildman–Crippen MR) is 132 cm³/mol. The van der Waals surface area contributed by atoms with E-state index in [1.54, 1.807) is 9.80 Å². The smallest absolute Gasteiger partial charge is 0.379 e. The topological polar surface area (TPSA) is 81.1 Å². The van der Waals surface area contributed by atoms with E-state index < -0.39 is 75.2 Å². The zero-order chi connectivity index (χ0) is 34.2. The molecule has 0 radical (unpaired) electrons. The van der Waals surface area contributed by atoms with Crippen molar-refractivity contribution in [3.8, 4) is 0 Å². The normalized spacial score (nSPS) is 25.2. The number of hydrogen-bond acceptors (Lipinski definition) is 9. The van der Waals surface area contributed by atoms with E-state index in [-0.39, 0.29) is 78.9 Å². The maximum absolute atomic E-state index is 13.6. The first-order valence-corrected chi connectivity index (χ1v) is 13.9. The standard InChI is InChI=1S/C24H38F12N4O5/c25-21(26,27)19(41,22(28,29)30)17-39-3-1-37-7-11-43-12-8-38(10-14-45-16-15-44-13-9-37)2-4-40(6-5-39)18-20(42,23(31,32)33)24(34,35)36/h41-42H,1-18H2. The van der Waals surface area contributed by atoms with Gasteiger partial charge in [-0.3, -0.25) is 19.6 Å². The molecule has 0 spiro atoms. The highest BCUT2D eigenvalue weighted by Gasteiger charge is 2.71. The van der Waals surface area contributed by atoms with Crippen molar-refractivity contribution in [3.05, 3.63) is 0 Å². The Hall–Kier alpha value is -1.20. The minimum Gasteiger partial charge on any atom is -0.379 e. The van der Waals surface area contributed by atoms with Crippen molar-refractivity contribution in [2.45, 2.75) is 35.9 Å². The number of halogens is 12. The Morgan fingerprint density at radius 3 is 0.889 bits per heavy atom. The summed E-state index contributed by atoms with van der Waals surface area (Å²) >= 11 is 0. The molecule has 2 N–H and O–H groups in total. The van der Waals surface area contributed by atoms with E-state index in [9.17, 15) is 62.9 Å². The number of nitrogens with zero attached hydrogens (tertiary/aromatic N) is 4. The summed E-state index contributed by atoms with van der Waals surface area (Å²) in [5.74, 6) is 0. The van der Waals surface area contributed by atoms with E-state index in [0.29, 0.717) is 9.80 Å². The summed E-state index contributed by atoms with van der Waals surface area (Å²) in [6.07, 6.45) is -24.9. The largest absolute Gasteiger partial charge is 0.427 e. The van der Waals surface area contributed by atoms with Crippen LogP contribution in [0.25, 0.3) is 0 Å². The number of β-amino-alcohol motifs (C(OH)–C–C–N with tert-alkyl or cyclic N) is 2. The average Bonchev–Trinajstić information content (AvgIpc) is 2.90. The minimum absolute atomic E-state index is 0.0791. The average molecular weight is 691 g/mol. The van der Waals surface area contributed by atoms with E-state index in [1.165, 1.54) is 0 Å². The van der Waals surface area contributed by atoms with Gasteiger partial charge in [-0.15, -0.1) is 0 Å². The van der Waals surface area contributed by atoms with Gasteiger partial charge in [0, 0.05) is 78.5 Å². The van der Waals surface area contributed by atoms with Gasteiger partial charge in [0.25, 0.3) is 11.2 Å². The summed E-state index contributed by atoms with van der Waals surface area (Å²) in [5, 5.41) is 19.7. The van der Waals surface area contributed by atoms with Crippen molar-refractivity contribution >= 4 is 0 Å². The van der Waals surface area contributed by atoms with E-state index in [4.69, 9.17) is 14.2 Å². The fourth-order valence-corrected chi connectivity index (χ4v) is 4.59. The van der Waals surface area contributed by atoms with Crippen LogP contribution < -0.4 is 0 Å². The quantitative estimate of drug-likeness (QED) is 0.341. The highest BCUT2D eigenvalue weighted by molar-refractivity contribution is 4.98. The number of rotatable bonds is 4. The lowest BCUT2D eigenvalue weighted by Gasteiger charge is -2.40. The van der Waals surface area contributed by atoms with Crippen LogP contribution in [0.2, 0.25) is 0 Å². The molecule has 2 rings (SSSR count). The van der Waals surface area contributed by atoms with Crippen molar-refractivity contribution < 1.29 is 77.1 Å². The lowest BCUT2D eigenvalue weighted by Crippen LogP contribution is -2.65. The van der Waals surface area contributed by atoms with Crippen LogP contribution in [0, 0.1) is 0 Å². The minimum atomic E-state index is -6.23. The highest BCUT2D eigenvalue weighted by Crippen LogP contribution is 2.44. The van der Waals surface area contributed by atoms with E-state index in [0.717, 1.165) is 0 Å². The molecule has 2 aliphatic rings. The second-order valence-electron chi connectivity index (χ2n) is 10.8. The van der Waals surface area contributed by atoms with E-state index in [2.05, 4.69) is 0 Å². The first kappa shape index (κ1) is 40.0. The summed E-state index contributed by atoms with van der Waals surface area (Å²) in [6, 6.07) is 0. The van der Waals surface area contributed by atoms with Gasteiger partial charge in [-0.25, -0.2) is 0 Å². The maximum atomic E-state index is 13.6. The van der Waals surface area contributed by atoms with Crippen LogP contribution in [0.5, 0.6) is 0 Å². The van der Waals surface area contributed by atoms with E-state index in [1.807, 2.05) is 0 Å². The Morgan fingerprint density at radius 2 is 0.622 bits per heavy atom. The highest BCUT2D eigenvalue weighted by atomic mass is 19.4. The molecule has 2 bridgehead atoms. The van der Waals surface area contributed by atoms with Crippen molar-refractivity contribution in [2.75, 3.05) is 118 Å². The fraction of sp³-hybridized carbons (Fsp3) is 1.00. The molecular formula is C24H38F12N4O5. The van der Waals surface area contributed by atoms with Gasteiger partial charge < -0.3 is 24.4 Å². The van der Waals surface area contributed by atoms with Gasteiger partial charge in [-0.05, 0) is 0 Å². The third-order valence-electron chi connectivity index (χ3n) is 7.56. The maximum Gasteiger partial charge on any atom is 0.427 e. The van der Waals surface area contributed by atoms with Crippen molar-refractivity contribution in [1.82, 2.24) is 19.6 Å². The van der Waals surface area contributed by atoms with Crippen molar-refractivity contribution in [2.24, 2.45) is 0 Å². The summed E-state index contributed by atoms with van der Waals surface area (Å²) in [6.45, 7) is -6.53. The van der Waals surface area contributed by atoms with Crippen molar-refractivity contribution in [3.63, 3.8) is 0 Å². The molecule has 2 aliphatic heterocycles. The molecule has 2 fully saturated rings. The van der Waals surface area contributed by atoms with Gasteiger partial charge in [-0.2, -0.15) is 52.7 Å². The second-order valence-corrected chi connectivity index (χ2v) is 10.8.